The Labute approximate surface area is 162 Å². The zero-order valence-electron chi connectivity index (χ0n) is 17.9. The van der Waals surface area contributed by atoms with E-state index in [1.807, 2.05) is 20.8 Å². The molecule has 1 N–H and O–H groups in total. The van der Waals surface area contributed by atoms with Crippen LogP contribution in [-0.4, -0.2) is 22.8 Å². The fourth-order valence-electron chi connectivity index (χ4n) is 2.94. The summed E-state index contributed by atoms with van der Waals surface area (Å²) < 4.78 is 0. The van der Waals surface area contributed by atoms with Gasteiger partial charge in [-0.2, -0.15) is 0 Å². The first-order chi connectivity index (χ1) is 12.4. The topological polar surface area (TPSA) is 55.8 Å². The summed E-state index contributed by atoms with van der Waals surface area (Å²) in [4.78, 5) is 21.4. The molecule has 1 atom stereocenters. The van der Waals surface area contributed by atoms with Crippen molar-refractivity contribution in [3.8, 4) is 0 Å². The number of unbranched alkanes of at least 4 members (excludes halogenated alkanes) is 13. The molecule has 0 aliphatic rings. The smallest absolute Gasteiger partial charge is 0.336 e. The van der Waals surface area contributed by atoms with E-state index in [-0.39, 0.29) is 0 Å². The van der Waals surface area contributed by atoms with Crippen LogP contribution in [0.4, 0.5) is 0 Å². The van der Waals surface area contributed by atoms with Crippen LogP contribution in [0.25, 0.3) is 0 Å². The predicted molar refractivity (Wildman–Crippen MR) is 108 cm³/mol. The van der Waals surface area contributed by atoms with E-state index in [1.54, 1.807) is 0 Å². The number of hydrogen-bond donors (Lipinski definition) is 1. The molecule has 0 saturated heterocycles. The fraction of sp³-hybridized carbons (Fsp3) is 0.955. The first-order valence-corrected chi connectivity index (χ1v) is 10.9. The Morgan fingerprint density at radius 1 is 0.769 bits per heavy atom. The zero-order valence-corrected chi connectivity index (χ0v) is 17.9. The minimum Gasteiger partial charge on any atom is -0.479 e. The standard InChI is InChI=1S/C22H44O4/c1-5-6-7-8-9-10-11-12-13-14-15-16-17-18-19-20(21(23)24)25-26-22(2,3)4/h20H,5-19H2,1-4H3,(H,23,24). The fourth-order valence-corrected chi connectivity index (χ4v) is 2.94. The van der Waals surface area contributed by atoms with Gasteiger partial charge in [-0.3, -0.25) is 0 Å². The van der Waals surface area contributed by atoms with Gasteiger partial charge in [-0.25, -0.2) is 14.6 Å². The molecule has 4 heteroatoms. The molecule has 0 aromatic rings. The summed E-state index contributed by atoms with van der Waals surface area (Å²) in [6.45, 7) is 7.80. The van der Waals surface area contributed by atoms with E-state index in [1.165, 1.54) is 77.0 Å². The van der Waals surface area contributed by atoms with E-state index in [0.717, 1.165) is 12.8 Å². The minimum absolute atomic E-state index is 0.483. The Hall–Kier alpha value is -0.610. The summed E-state index contributed by atoms with van der Waals surface area (Å²) in [7, 11) is 0. The van der Waals surface area contributed by atoms with Gasteiger partial charge in [0.2, 0.25) is 0 Å². The first kappa shape index (κ1) is 25.4. The van der Waals surface area contributed by atoms with Crippen molar-refractivity contribution >= 4 is 5.97 Å². The van der Waals surface area contributed by atoms with Crippen LogP contribution in [0.1, 0.15) is 124 Å². The Bertz CT molecular complexity index is 323. The normalized spacial score (nSPS) is 13.1. The third-order valence-electron chi connectivity index (χ3n) is 4.51. The Morgan fingerprint density at radius 3 is 1.50 bits per heavy atom. The molecule has 0 aliphatic heterocycles. The van der Waals surface area contributed by atoms with Gasteiger partial charge in [0, 0.05) is 0 Å². The summed E-state index contributed by atoms with van der Waals surface area (Å²) in [5.41, 5.74) is -0.483. The molecule has 0 amide bonds. The van der Waals surface area contributed by atoms with E-state index in [0.29, 0.717) is 6.42 Å². The zero-order chi connectivity index (χ0) is 19.7. The highest BCUT2D eigenvalue weighted by molar-refractivity contribution is 5.72. The molecule has 0 fully saturated rings. The number of rotatable bonds is 18. The molecule has 4 nitrogen and oxygen atoms in total. The third kappa shape index (κ3) is 18.2. The molecule has 0 aromatic heterocycles. The molecule has 26 heavy (non-hydrogen) atoms. The lowest BCUT2D eigenvalue weighted by Crippen LogP contribution is -2.29. The van der Waals surface area contributed by atoms with Gasteiger partial charge in [-0.1, -0.05) is 96.8 Å². The van der Waals surface area contributed by atoms with Crippen LogP contribution in [-0.2, 0) is 14.6 Å². The summed E-state index contributed by atoms with van der Waals surface area (Å²) in [6.07, 6.45) is 17.8. The quantitative estimate of drug-likeness (QED) is 0.159. The van der Waals surface area contributed by atoms with Gasteiger partial charge < -0.3 is 5.11 Å². The average Bonchev–Trinajstić information content (AvgIpc) is 2.56. The van der Waals surface area contributed by atoms with E-state index >= 15 is 0 Å². The summed E-state index contributed by atoms with van der Waals surface area (Å²) >= 11 is 0. The van der Waals surface area contributed by atoms with Crippen LogP contribution in [0, 0.1) is 0 Å². The van der Waals surface area contributed by atoms with E-state index in [4.69, 9.17) is 14.9 Å². The molecule has 0 aliphatic carbocycles. The van der Waals surface area contributed by atoms with Crippen molar-refractivity contribution in [3.63, 3.8) is 0 Å². The van der Waals surface area contributed by atoms with Crippen LogP contribution in [0.2, 0.25) is 0 Å². The van der Waals surface area contributed by atoms with E-state index in [9.17, 15) is 4.79 Å². The number of aliphatic carboxylic acids is 1. The number of carboxylic acid groups (broad SMARTS) is 1. The summed E-state index contributed by atoms with van der Waals surface area (Å²) in [5, 5.41) is 9.17. The van der Waals surface area contributed by atoms with E-state index in [2.05, 4.69) is 6.92 Å². The molecule has 0 radical (unpaired) electrons. The van der Waals surface area contributed by atoms with Gasteiger partial charge in [0.1, 0.15) is 0 Å². The maximum absolute atomic E-state index is 11.2. The van der Waals surface area contributed by atoms with Gasteiger partial charge in [0.05, 0.1) is 5.60 Å². The lowest BCUT2D eigenvalue weighted by atomic mass is 10.0. The van der Waals surface area contributed by atoms with Gasteiger partial charge in [0.25, 0.3) is 0 Å². The van der Waals surface area contributed by atoms with Crippen LogP contribution < -0.4 is 0 Å². The highest BCUT2D eigenvalue weighted by Gasteiger charge is 2.22. The largest absolute Gasteiger partial charge is 0.479 e. The molecule has 0 heterocycles. The highest BCUT2D eigenvalue weighted by Crippen LogP contribution is 2.16. The average molecular weight is 373 g/mol. The second-order valence-electron chi connectivity index (χ2n) is 8.50. The molecule has 1 unspecified atom stereocenters. The molecule has 0 rings (SSSR count). The third-order valence-corrected chi connectivity index (χ3v) is 4.51. The molecule has 0 aromatic carbocycles. The molecular weight excluding hydrogens is 328 g/mol. The Balaban J connectivity index is 3.41. The predicted octanol–water partition coefficient (Wildman–Crippen LogP) is 7.06. The van der Waals surface area contributed by atoms with Gasteiger partial charge in [-0.05, 0) is 27.2 Å². The van der Waals surface area contributed by atoms with Gasteiger partial charge >= 0.3 is 5.97 Å². The van der Waals surface area contributed by atoms with Crippen molar-refractivity contribution in [1.82, 2.24) is 0 Å². The van der Waals surface area contributed by atoms with Crippen molar-refractivity contribution in [1.29, 1.82) is 0 Å². The van der Waals surface area contributed by atoms with Gasteiger partial charge in [0.15, 0.2) is 6.10 Å². The summed E-state index contributed by atoms with van der Waals surface area (Å²) in [6, 6.07) is 0. The number of carbonyl (C=O) groups is 1. The van der Waals surface area contributed by atoms with Crippen molar-refractivity contribution in [3.05, 3.63) is 0 Å². The molecule has 0 bridgehead atoms. The molecule has 156 valence electrons. The lowest BCUT2D eigenvalue weighted by molar-refractivity contribution is -0.368. The van der Waals surface area contributed by atoms with Crippen LogP contribution in [0.5, 0.6) is 0 Å². The lowest BCUT2D eigenvalue weighted by Gasteiger charge is -2.21. The number of hydrogen-bond acceptors (Lipinski definition) is 3. The number of carboxylic acids is 1. The Kier molecular flexibility index (Phi) is 16.2. The van der Waals surface area contributed by atoms with Crippen LogP contribution in [0.3, 0.4) is 0 Å². The van der Waals surface area contributed by atoms with Crippen LogP contribution >= 0.6 is 0 Å². The van der Waals surface area contributed by atoms with Crippen molar-refractivity contribution in [2.24, 2.45) is 0 Å². The minimum atomic E-state index is -0.941. The van der Waals surface area contributed by atoms with E-state index < -0.39 is 17.7 Å². The van der Waals surface area contributed by atoms with Crippen molar-refractivity contribution in [2.75, 3.05) is 0 Å². The molecule has 0 spiro atoms. The Morgan fingerprint density at radius 2 is 1.15 bits per heavy atom. The summed E-state index contributed by atoms with van der Waals surface area (Å²) in [5.74, 6) is -0.941. The maximum Gasteiger partial charge on any atom is 0.336 e. The molecular formula is C22H44O4. The van der Waals surface area contributed by atoms with Gasteiger partial charge in [-0.15, -0.1) is 0 Å². The van der Waals surface area contributed by atoms with Crippen molar-refractivity contribution in [2.45, 2.75) is 136 Å². The van der Waals surface area contributed by atoms with Crippen LogP contribution in [0.15, 0.2) is 0 Å². The monoisotopic (exact) mass is 372 g/mol. The van der Waals surface area contributed by atoms with Crippen molar-refractivity contribution < 1.29 is 19.7 Å². The second kappa shape index (κ2) is 16.6. The highest BCUT2D eigenvalue weighted by atomic mass is 17.2. The first-order valence-electron chi connectivity index (χ1n) is 10.9. The maximum atomic E-state index is 11.2. The molecule has 0 saturated carbocycles. The second-order valence-corrected chi connectivity index (χ2v) is 8.50. The SMILES string of the molecule is CCCCCCCCCCCCCCCCC(OOC(C)(C)C)C(=O)O.